The largest absolute Gasteiger partial charge is 0.870 e. The van der Waals surface area contributed by atoms with E-state index in [2.05, 4.69) is 4.98 Å². The summed E-state index contributed by atoms with van der Waals surface area (Å²) >= 11 is 5.74. The Morgan fingerprint density at radius 1 is 1.31 bits per heavy atom. The van der Waals surface area contributed by atoms with E-state index in [-0.39, 0.29) is 5.76 Å². The number of hydrogen-bond acceptors (Lipinski definition) is 2. The number of halogens is 1. The fourth-order valence-corrected chi connectivity index (χ4v) is 1.37. The van der Waals surface area contributed by atoms with Gasteiger partial charge in [0.1, 0.15) is 6.20 Å². The van der Waals surface area contributed by atoms with E-state index < -0.39 is 0 Å². The lowest BCUT2D eigenvalue weighted by Gasteiger charge is -2.10. The molecule has 0 spiro atoms. The minimum absolute atomic E-state index is 0.0883. The lowest BCUT2D eigenvalue weighted by atomic mass is 10.2. The van der Waals surface area contributed by atoms with E-state index in [4.69, 9.17) is 11.6 Å². The molecule has 0 saturated heterocycles. The Morgan fingerprint density at radius 3 is 2.69 bits per heavy atom. The van der Waals surface area contributed by atoms with E-state index in [1.807, 2.05) is 0 Å². The fourth-order valence-electron chi connectivity index (χ4n) is 1.24. The van der Waals surface area contributed by atoms with Crippen LogP contribution in [0.3, 0.4) is 0 Å². The van der Waals surface area contributed by atoms with E-state index in [1.54, 1.807) is 53.6 Å². The third kappa shape index (κ3) is 2.58. The van der Waals surface area contributed by atoms with Crippen molar-refractivity contribution in [2.24, 2.45) is 0 Å². The van der Waals surface area contributed by atoms with Gasteiger partial charge in [-0.1, -0.05) is 34.5 Å². The van der Waals surface area contributed by atoms with Gasteiger partial charge < -0.3 is 5.11 Å². The number of benzene rings is 1. The van der Waals surface area contributed by atoms with Crippen molar-refractivity contribution in [1.82, 2.24) is 4.98 Å². The highest BCUT2D eigenvalue weighted by Crippen LogP contribution is 2.13. The van der Waals surface area contributed by atoms with Gasteiger partial charge in [-0.2, -0.15) is 0 Å². The first kappa shape index (κ1) is 10.6. The van der Waals surface area contributed by atoms with Crippen molar-refractivity contribution in [3.63, 3.8) is 0 Å². The summed E-state index contributed by atoms with van der Waals surface area (Å²) in [6.45, 7) is 0. The van der Waals surface area contributed by atoms with Crippen molar-refractivity contribution in [3.05, 3.63) is 59.6 Å². The summed E-state index contributed by atoms with van der Waals surface area (Å²) in [5, 5.41) is 12.4. The van der Waals surface area contributed by atoms with Gasteiger partial charge in [0.25, 0.3) is 6.33 Å². The Kier molecular flexibility index (Phi) is 3.17. The van der Waals surface area contributed by atoms with Gasteiger partial charge in [0.15, 0.2) is 0 Å². The van der Waals surface area contributed by atoms with Gasteiger partial charge >= 0.3 is 0 Å². The molecule has 1 aromatic carbocycles. The van der Waals surface area contributed by atoms with Crippen LogP contribution in [0.4, 0.5) is 0 Å². The Hall–Kier alpha value is -1.87. The SMILES string of the molecule is [O-]/C(=C\[n+]1cccnc1)c1ccc(Cl)cc1. The van der Waals surface area contributed by atoms with Gasteiger partial charge in [0.05, 0.1) is 12.4 Å². The Morgan fingerprint density at radius 2 is 2.06 bits per heavy atom. The third-order valence-electron chi connectivity index (χ3n) is 2.03. The minimum atomic E-state index is -0.0883. The summed E-state index contributed by atoms with van der Waals surface area (Å²) in [5.41, 5.74) is 0.598. The monoisotopic (exact) mass is 232 g/mol. The maximum absolute atomic E-state index is 11.8. The van der Waals surface area contributed by atoms with Gasteiger partial charge in [-0.3, -0.25) is 0 Å². The maximum atomic E-state index is 11.8. The molecule has 0 amide bonds. The van der Waals surface area contributed by atoms with Crippen molar-refractivity contribution >= 4 is 23.6 Å². The normalized spacial score (nSPS) is 11.4. The summed E-state index contributed by atoms with van der Waals surface area (Å²) < 4.78 is 1.61. The summed E-state index contributed by atoms with van der Waals surface area (Å²) in [5.74, 6) is -0.0883. The van der Waals surface area contributed by atoms with Crippen molar-refractivity contribution in [1.29, 1.82) is 0 Å². The number of rotatable bonds is 2. The smallest absolute Gasteiger partial charge is 0.290 e. The molecule has 0 aliphatic rings. The second-order valence-electron chi connectivity index (χ2n) is 3.20. The van der Waals surface area contributed by atoms with Crippen molar-refractivity contribution in [3.8, 4) is 0 Å². The number of hydrogen-bond donors (Lipinski definition) is 0. The molecule has 0 fully saturated rings. The van der Waals surface area contributed by atoms with Crippen LogP contribution in [0.15, 0.2) is 49.1 Å². The molecule has 0 saturated carbocycles. The molecule has 0 aliphatic carbocycles. The fraction of sp³-hybridized carbons (Fsp3) is 0. The van der Waals surface area contributed by atoms with Crippen LogP contribution in [0.2, 0.25) is 5.02 Å². The zero-order chi connectivity index (χ0) is 11.4. The molecule has 0 radical (unpaired) electrons. The molecule has 1 aromatic heterocycles. The summed E-state index contributed by atoms with van der Waals surface area (Å²) in [4.78, 5) is 3.90. The Bertz CT molecular complexity index is 494. The van der Waals surface area contributed by atoms with Gasteiger partial charge in [-0.15, -0.1) is 0 Å². The minimum Gasteiger partial charge on any atom is -0.870 e. The van der Waals surface area contributed by atoms with E-state index in [1.165, 1.54) is 6.20 Å². The topological polar surface area (TPSA) is 39.8 Å². The zero-order valence-electron chi connectivity index (χ0n) is 8.38. The molecular weight excluding hydrogens is 224 g/mol. The van der Waals surface area contributed by atoms with Crippen LogP contribution in [-0.4, -0.2) is 4.98 Å². The van der Waals surface area contributed by atoms with Crippen molar-refractivity contribution in [2.75, 3.05) is 0 Å². The Balaban J connectivity index is 2.28. The van der Waals surface area contributed by atoms with Crippen molar-refractivity contribution < 1.29 is 9.67 Å². The average Bonchev–Trinajstić information content (AvgIpc) is 2.31. The molecule has 4 heteroatoms. The molecule has 2 rings (SSSR count). The number of aromatic nitrogens is 2. The first-order chi connectivity index (χ1) is 7.75. The summed E-state index contributed by atoms with van der Waals surface area (Å²) in [6.07, 6.45) is 6.43. The van der Waals surface area contributed by atoms with Gasteiger partial charge in [0.2, 0.25) is 0 Å². The maximum Gasteiger partial charge on any atom is 0.290 e. The molecule has 2 aromatic rings. The lowest BCUT2D eigenvalue weighted by Crippen LogP contribution is -2.27. The predicted octanol–water partition coefficient (Wildman–Crippen LogP) is 1.34. The van der Waals surface area contributed by atoms with Crippen LogP contribution >= 0.6 is 11.6 Å². The third-order valence-corrected chi connectivity index (χ3v) is 2.28. The highest BCUT2D eigenvalue weighted by molar-refractivity contribution is 6.30. The molecule has 0 atom stereocenters. The number of nitrogens with zero attached hydrogens (tertiary/aromatic N) is 2. The quantitative estimate of drug-likeness (QED) is 0.579. The summed E-state index contributed by atoms with van der Waals surface area (Å²) in [7, 11) is 0. The van der Waals surface area contributed by atoms with E-state index in [0.717, 1.165) is 0 Å². The first-order valence-electron chi connectivity index (χ1n) is 4.71. The molecule has 16 heavy (non-hydrogen) atoms. The zero-order valence-corrected chi connectivity index (χ0v) is 9.13. The molecule has 0 N–H and O–H groups in total. The van der Waals surface area contributed by atoms with Crippen LogP contribution in [0.1, 0.15) is 5.56 Å². The highest BCUT2D eigenvalue weighted by atomic mass is 35.5. The van der Waals surface area contributed by atoms with E-state index in [9.17, 15) is 5.11 Å². The van der Waals surface area contributed by atoms with Crippen molar-refractivity contribution in [2.45, 2.75) is 0 Å². The van der Waals surface area contributed by atoms with Crippen LogP contribution < -0.4 is 9.67 Å². The molecule has 0 unspecified atom stereocenters. The molecular formula is C12H9ClN2O. The van der Waals surface area contributed by atoms with E-state index >= 15 is 0 Å². The van der Waals surface area contributed by atoms with E-state index in [0.29, 0.717) is 10.6 Å². The van der Waals surface area contributed by atoms with Gasteiger partial charge in [-0.25, -0.2) is 4.57 Å². The Labute approximate surface area is 98.3 Å². The molecule has 1 heterocycles. The summed E-state index contributed by atoms with van der Waals surface area (Å²) in [6, 6.07) is 8.52. The molecule has 0 bridgehead atoms. The molecule has 80 valence electrons. The van der Waals surface area contributed by atoms with Crippen LogP contribution in [0.25, 0.3) is 12.0 Å². The predicted molar refractivity (Wildman–Crippen MR) is 60.1 cm³/mol. The molecule has 3 nitrogen and oxygen atoms in total. The van der Waals surface area contributed by atoms with Crippen LogP contribution in [0, 0.1) is 0 Å². The first-order valence-corrected chi connectivity index (χ1v) is 5.09. The second-order valence-corrected chi connectivity index (χ2v) is 3.64. The van der Waals surface area contributed by atoms with Gasteiger partial charge in [0, 0.05) is 11.1 Å². The highest BCUT2D eigenvalue weighted by Gasteiger charge is 1.94. The van der Waals surface area contributed by atoms with Gasteiger partial charge in [-0.05, 0) is 17.7 Å². The molecule has 0 aliphatic heterocycles. The lowest BCUT2D eigenvalue weighted by molar-refractivity contribution is -0.573. The standard InChI is InChI=1S/C12H9ClN2O/c13-11-4-2-10(3-5-11)12(16)8-15-7-1-6-14-9-15/h1-9H/b12-8-. The second kappa shape index (κ2) is 4.77. The average molecular weight is 233 g/mol. The van der Waals surface area contributed by atoms with Crippen LogP contribution in [-0.2, 0) is 0 Å². The van der Waals surface area contributed by atoms with Crippen LogP contribution in [0.5, 0.6) is 0 Å².